The molecule has 0 spiro atoms. The molecule has 3 aliphatic rings. The molecule has 2 aromatic carbocycles. The van der Waals surface area contributed by atoms with Gasteiger partial charge in [-0.2, -0.15) is 5.10 Å². The molecule has 3 fully saturated rings. The predicted molar refractivity (Wildman–Crippen MR) is 175 cm³/mol. The maximum Gasteiger partial charge on any atom is 0.282 e. The number of nitrogens with zero attached hydrogens (tertiary/aromatic N) is 4. The van der Waals surface area contributed by atoms with Crippen LogP contribution >= 0.6 is 15.9 Å². The molecule has 232 valence electrons. The van der Waals surface area contributed by atoms with Crippen LogP contribution in [0.5, 0.6) is 0 Å². The van der Waals surface area contributed by atoms with Crippen molar-refractivity contribution in [3.05, 3.63) is 91.8 Å². The summed E-state index contributed by atoms with van der Waals surface area (Å²) in [4.78, 5) is 41.2. The maximum absolute atomic E-state index is 12.5. The van der Waals surface area contributed by atoms with E-state index in [4.69, 9.17) is 0 Å². The number of anilines is 1. The quantitative estimate of drug-likeness (QED) is 0.347. The fourth-order valence-electron chi connectivity index (χ4n) is 7.20. The molecule has 3 atom stereocenters. The monoisotopic (exact) mass is 660 g/mol. The molecule has 1 unspecified atom stereocenters. The minimum atomic E-state index is -0.240. The molecule has 3 aromatic rings. The largest absolute Gasteiger partial charge is 0.376 e. The standard InChI is InChI=1S/C34H41BrN6O3/c1-4-34(38-29-16-36-40(3)33(44)31(29)35)15-26(18-39(2)21-34)23-10-8-22(9-11-23)17-41-19-27(20-41)24-6-5-7-25(14-24)28-12-13-30(42)37-32(28)43/h5-11,14,16,26-28,38H,4,12-13,15,17-21H2,1-3H3,(H,37,42,43)/t26-,28?,34-/m0/s1. The van der Waals surface area contributed by atoms with E-state index in [9.17, 15) is 14.4 Å². The lowest BCUT2D eigenvalue weighted by atomic mass is 9.77. The first-order chi connectivity index (χ1) is 21.1. The predicted octanol–water partition coefficient (Wildman–Crippen LogP) is 4.34. The molecular formula is C34H41BrN6O3. The number of benzene rings is 2. The highest BCUT2D eigenvalue weighted by Gasteiger charge is 2.39. The van der Waals surface area contributed by atoms with Crippen LogP contribution in [-0.4, -0.2) is 70.2 Å². The van der Waals surface area contributed by atoms with Crippen molar-refractivity contribution >= 4 is 33.4 Å². The van der Waals surface area contributed by atoms with Crippen LogP contribution in [0, 0.1) is 0 Å². The third kappa shape index (κ3) is 6.39. The topological polar surface area (TPSA) is 99.6 Å². The lowest BCUT2D eigenvalue weighted by Gasteiger charge is -2.46. The summed E-state index contributed by atoms with van der Waals surface area (Å²) in [7, 11) is 3.83. The molecule has 9 nitrogen and oxygen atoms in total. The summed E-state index contributed by atoms with van der Waals surface area (Å²) in [6.45, 7) is 6.99. The van der Waals surface area contributed by atoms with Crippen LogP contribution in [0.3, 0.4) is 0 Å². The van der Waals surface area contributed by atoms with Gasteiger partial charge in [-0.3, -0.25) is 24.6 Å². The summed E-state index contributed by atoms with van der Waals surface area (Å²) in [5.41, 5.74) is 5.36. The number of halogens is 1. The molecule has 10 heteroatoms. The van der Waals surface area contributed by atoms with E-state index in [0.29, 0.717) is 29.2 Å². The highest BCUT2D eigenvalue weighted by Crippen LogP contribution is 2.38. The second kappa shape index (κ2) is 12.6. The Morgan fingerprint density at radius 3 is 2.48 bits per heavy atom. The second-order valence-corrected chi connectivity index (χ2v) is 13.8. The first-order valence-corrected chi connectivity index (χ1v) is 16.4. The zero-order chi connectivity index (χ0) is 31.0. The average molecular weight is 662 g/mol. The molecule has 2 amide bonds. The number of hydrogen-bond donors (Lipinski definition) is 2. The van der Waals surface area contributed by atoms with E-state index >= 15 is 0 Å². The lowest BCUT2D eigenvalue weighted by molar-refractivity contribution is -0.134. The second-order valence-electron chi connectivity index (χ2n) is 13.0. The van der Waals surface area contributed by atoms with E-state index in [1.807, 2.05) is 12.1 Å². The third-order valence-electron chi connectivity index (χ3n) is 9.73. The van der Waals surface area contributed by atoms with Crippen LogP contribution in [0.4, 0.5) is 5.69 Å². The number of imide groups is 1. The van der Waals surface area contributed by atoms with Crippen LogP contribution in [0.15, 0.2) is 64.0 Å². The number of nitrogens with one attached hydrogen (secondary N) is 2. The van der Waals surface area contributed by atoms with E-state index in [1.54, 1.807) is 13.2 Å². The molecule has 44 heavy (non-hydrogen) atoms. The Balaban J connectivity index is 1.07. The van der Waals surface area contributed by atoms with Crippen LogP contribution in [-0.2, 0) is 23.2 Å². The maximum atomic E-state index is 12.5. The summed E-state index contributed by atoms with van der Waals surface area (Å²) in [6, 6.07) is 17.5. The van der Waals surface area contributed by atoms with Gasteiger partial charge in [0.15, 0.2) is 0 Å². The van der Waals surface area contributed by atoms with Crippen LogP contribution < -0.4 is 16.2 Å². The molecule has 0 bridgehead atoms. The number of aryl methyl sites for hydroxylation is 1. The van der Waals surface area contributed by atoms with Gasteiger partial charge in [-0.1, -0.05) is 55.5 Å². The Morgan fingerprint density at radius 2 is 1.75 bits per heavy atom. The fraction of sp³-hybridized carbons (Fsp3) is 0.471. The molecule has 4 heterocycles. The summed E-state index contributed by atoms with van der Waals surface area (Å²) in [5, 5.41) is 10.4. The van der Waals surface area contributed by atoms with Crippen LogP contribution in [0.25, 0.3) is 0 Å². The molecule has 0 saturated carbocycles. The zero-order valence-electron chi connectivity index (χ0n) is 25.7. The van der Waals surface area contributed by atoms with Crippen LogP contribution in [0.2, 0.25) is 0 Å². The first-order valence-electron chi connectivity index (χ1n) is 15.6. The van der Waals surface area contributed by atoms with E-state index in [1.165, 1.54) is 21.4 Å². The number of likely N-dealkylation sites (tertiary alicyclic amines) is 2. The lowest BCUT2D eigenvalue weighted by Crippen LogP contribution is -2.54. The molecule has 3 saturated heterocycles. The van der Waals surface area contributed by atoms with Gasteiger partial charge in [0.25, 0.3) is 5.56 Å². The molecular weight excluding hydrogens is 620 g/mol. The van der Waals surface area contributed by atoms with Gasteiger partial charge in [0.2, 0.25) is 11.8 Å². The number of amides is 2. The Kier molecular flexibility index (Phi) is 8.77. The van der Waals surface area contributed by atoms with Gasteiger partial charge in [0.1, 0.15) is 4.47 Å². The highest BCUT2D eigenvalue weighted by molar-refractivity contribution is 9.10. The SMILES string of the molecule is CC[C@]1(Nc2cnn(C)c(=O)c2Br)C[C@H](c2ccc(CN3CC(c4cccc(C5CCC(=O)NC5=O)c4)C3)cc2)CN(C)C1. The average Bonchev–Trinajstić information content (AvgIpc) is 2.99. The molecule has 6 rings (SSSR count). The molecule has 0 radical (unpaired) electrons. The summed E-state index contributed by atoms with van der Waals surface area (Å²) in [5.74, 6) is 0.234. The van der Waals surface area contributed by atoms with E-state index in [2.05, 4.69) is 91.8 Å². The van der Waals surface area contributed by atoms with E-state index in [-0.39, 0.29) is 28.8 Å². The molecule has 2 N–H and O–H groups in total. The van der Waals surface area contributed by atoms with E-state index < -0.39 is 0 Å². The van der Waals surface area contributed by atoms with Crippen molar-refractivity contribution < 1.29 is 9.59 Å². The number of piperidine rings is 2. The molecule has 0 aliphatic carbocycles. The van der Waals surface area contributed by atoms with Crippen molar-refractivity contribution in [2.75, 3.05) is 38.5 Å². The summed E-state index contributed by atoms with van der Waals surface area (Å²) >= 11 is 3.49. The van der Waals surface area contributed by atoms with Gasteiger partial charge >= 0.3 is 0 Å². The first kappa shape index (κ1) is 30.7. The number of carbonyl (C=O) groups is 2. The van der Waals surface area contributed by atoms with E-state index in [0.717, 1.165) is 56.8 Å². The zero-order valence-corrected chi connectivity index (χ0v) is 27.3. The minimum absolute atomic E-state index is 0.146. The van der Waals surface area contributed by atoms with Gasteiger partial charge in [0.05, 0.1) is 23.3 Å². The fourth-order valence-corrected chi connectivity index (χ4v) is 7.66. The molecule has 3 aliphatic heterocycles. The van der Waals surface area contributed by atoms with Crippen molar-refractivity contribution in [2.24, 2.45) is 7.05 Å². The smallest absolute Gasteiger partial charge is 0.282 e. The highest BCUT2D eigenvalue weighted by atomic mass is 79.9. The van der Waals surface area contributed by atoms with Gasteiger partial charge < -0.3 is 10.2 Å². The van der Waals surface area contributed by atoms with Crippen LogP contribution in [0.1, 0.15) is 72.6 Å². The number of rotatable bonds is 8. The third-order valence-corrected chi connectivity index (χ3v) is 10.5. The normalized spacial score (nSPS) is 25.0. The molecule has 1 aromatic heterocycles. The van der Waals surface area contributed by atoms with Gasteiger partial charge in [-0.15, -0.1) is 0 Å². The Morgan fingerprint density at radius 1 is 1.00 bits per heavy atom. The Bertz CT molecular complexity index is 1600. The number of aromatic nitrogens is 2. The van der Waals surface area contributed by atoms with Crippen molar-refractivity contribution in [3.8, 4) is 0 Å². The number of carbonyl (C=O) groups excluding carboxylic acids is 2. The van der Waals surface area contributed by atoms with Crippen molar-refractivity contribution in [2.45, 2.75) is 62.4 Å². The Labute approximate surface area is 267 Å². The van der Waals surface area contributed by atoms with Gasteiger partial charge in [0, 0.05) is 52.1 Å². The number of hydrogen-bond acceptors (Lipinski definition) is 7. The summed E-state index contributed by atoms with van der Waals surface area (Å²) in [6.07, 6.45) is 4.62. The van der Waals surface area contributed by atoms with Crippen molar-refractivity contribution in [1.29, 1.82) is 0 Å². The van der Waals surface area contributed by atoms with Crippen molar-refractivity contribution in [3.63, 3.8) is 0 Å². The van der Waals surface area contributed by atoms with Crippen molar-refractivity contribution in [1.82, 2.24) is 24.9 Å². The van der Waals surface area contributed by atoms with Gasteiger partial charge in [-0.05, 0) is 70.4 Å². The Hall–Kier alpha value is -3.34. The number of likely N-dealkylation sites (N-methyl/N-ethyl adjacent to an activating group) is 1. The summed E-state index contributed by atoms with van der Waals surface area (Å²) < 4.78 is 1.86. The minimum Gasteiger partial charge on any atom is -0.376 e. The van der Waals surface area contributed by atoms with Gasteiger partial charge in [-0.25, -0.2) is 4.68 Å².